The minimum atomic E-state index is -0.826. The van der Waals surface area contributed by atoms with E-state index in [-0.39, 0.29) is 22.9 Å². The molecule has 29 heavy (non-hydrogen) atoms. The molecule has 150 valence electrons. The molecule has 10 heteroatoms. The molecule has 0 aliphatic carbocycles. The molecule has 0 saturated heterocycles. The van der Waals surface area contributed by atoms with Gasteiger partial charge < -0.3 is 5.32 Å². The zero-order valence-electron chi connectivity index (χ0n) is 15.5. The standard InChI is InChI=1S/C19H16F3N5O2/c1-10(2)18-14(11-3-12(20)5-13(21)4-11)6-17(29)27(26-18)8-16(28)25-19-15(22)7-23-9-24-19/h3-7,9-10H,8H2,1-2H3,(H,23,24,25,28). The number of hydrogen-bond acceptors (Lipinski definition) is 5. The van der Waals surface area contributed by atoms with Crippen molar-refractivity contribution in [3.8, 4) is 11.1 Å². The maximum atomic E-state index is 13.6. The van der Waals surface area contributed by atoms with E-state index in [9.17, 15) is 22.8 Å². The Morgan fingerprint density at radius 1 is 1.14 bits per heavy atom. The molecule has 0 radical (unpaired) electrons. The Labute approximate surface area is 163 Å². The highest BCUT2D eigenvalue weighted by atomic mass is 19.1. The van der Waals surface area contributed by atoms with E-state index in [0.717, 1.165) is 41.5 Å². The molecule has 1 aromatic carbocycles. The molecule has 3 rings (SSSR count). The number of hydrogen-bond donors (Lipinski definition) is 1. The zero-order chi connectivity index (χ0) is 21.1. The quantitative estimate of drug-likeness (QED) is 0.708. The molecule has 0 atom stereocenters. The lowest BCUT2D eigenvalue weighted by molar-refractivity contribution is -0.117. The number of rotatable bonds is 5. The summed E-state index contributed by atoms with van der Waals surface area (Å²) in [7, 11) is 0. The normalized spacial score (nSPS) is 11.0. The van der Waals surface area contributed by atoms with Crippen LogP contribution in [0.3, 0.4) is 0 Å². The number of nitrogens with one attached hydrogen (secondary N) is 1. The van der Waals surface area contributed by atoms with Crippen LogP contribution in [0.25, 0.3) is 11.1 Å². The smallest absolute Gasteiger partial charge is 0.267 e. The number of carbonyl (C=O) groups excluding carboxylic acids is 1. The Morgan fingerprint density at radius 2 is 1.83 bits per heavy atom. The van der Waals surface area contributed by atoms with Crippen molar-refractivity contribution in [3.05, 3.63) is 70.3 Å². The summed E-state index contributed by atoms with van der Waals surface area (Å²) < 4.78 is 41.7. The molecule has 3 aromatic rings. The van der Waals surface area contributed by atoms with Gasteiger partial charge in [-0.05, 0) is 23.6 Å². The molecular formula is C19H16F3N5O2. The average molecular weight is 403 g/mol. The predicted octanol–water partition coefficient (Wildman–Crippen LogP) is 2.88. The molecule has 0 saturated carbocycles. The van der Waals surface area contributed by atoms with Crippen LogP contribution in [0.2, 0.25) is 0 Å². The molecular weight excluding hydrogens is 387 g/mol. The highest BCUT2D eigenvalue weighted by molar-refractivity contribution is 5.89. The molecule has 2 heterocycles. The van der Waals surface area contributed by atoms with E-state index < -0.39 is 35.5 Å². The molecule has 7 nitrogen and oxygen atoms in total. The van der Waals surface area contributed by atoms with E-state index in [1.165, 1.54) is 0 Å². The Morgan fingerprint density at radius 3 is 2.45 bits per heavy atom. The van der Waals surface area contributed by atoms with Crippen molar-refractivity contribution >= 4 is 11.7 Å². The summed E-state index contributed by atoms with van der Waals surface area (Å²) in [6.45, 7) is 3.07. The first-order valence-electron chi connectivity index (χ1n) is 8.58. The van der Waals surface area contributed by atoms with Crippen molar-refractivity contribution in [2.45, 2.75) is 26.3 Å². The van der Waals surface area contributed by atoms with Crippen LogP contribution < -0.4 is 10.9 Å². The van der Waals surface area contributed by atoms with Crippen LogP contribution in [-0.4, -0.2) is 25.7 Å². The molecule has 1 amide bonds. The predicted molar refractivity (Wildman–Crippen MR) is 98.6 cm³/mol. The molecule has 0 unspecified atom stereocenters. The lowest BCUT2D eigenvalue weighted by Crippen LogP contribution is -2.31. The van der Waals surface area contributed by atoms with Gasteiger partial charge >= 0.3 is 0 Å². The fourth-order valence-electron chi connectivity index (χ4n) is 2.70. The number of carbonyl (C=O) groups is 1. The third-order valence-electron chi connectivity index (χ3n) is 3.97. The van der Waals surface area contributed by atoms with Crippen LogP contribution in [0.5, 0.6) is 0 Å². The Kier molecular flexibility index (Phi) is 5.71. The lowest BCUT2D eigenvalue weighted by Gasteiger charge is -2.15. The number of benzene rings is 1. The van der Waals surface area contributed by atoms with E-state index in [2.05, 4.69) is 20.4 Å². The van der Waals surface area contributed by atoms with Crippen LogP contribution in [0.4, 0.5) is 19.0 Å². The minimum Gasteiger partial charge on any atom is -0.307 e. The van der Waals surface area contributed by atoms with Gasteiger partial charge in [0.25, 0.3) is 5.56 Å². The van der Waals surface area contributed by atoms with E-state index >= 15 is 0 Å². The number of aromatic nitrogens is 4. The zero-order valence-corrected chi connectivity index (χ0v) is 15.5. The van der Waals surface area contributed by atoms with Crippen molar-refractivity contribution in [2.75, 3.05) is 5.32 Å². The van der Waals surface area contributed by atoms with E-state index in [1.54, 1.807) is 13.8 Å². The first kappa shape index (κ1) is 20.2. The summed E-state index contributed by atoms with van der Waals surface area (Å²) in [5, 5.41) is 6.42. The Bertz CT molecular complexity index is 1110. The highest BCUT2D eigenvalue weighted by Crippen LogP contribution is 2.27. The number of halogens is 3. The van der Waals surface area contributed by atoms with Crippen LogP contribution >= 0.6 is 0 Å². The minimum absolute atomic E-state index is 0.162. The molecule has 0 aliphatic heterocycles. The van der Waals surface area contributed by atoms with Crippen molar-refractivity contribution in [1.82, 2.24) is 19.7 Å². The van der Waals surface area contributed by atoms with Gasteiger partial charge in [0.2, 0.25) is 5.91 Å². The molecule has 0 spiro atoms. The topological polar surface area (TPSA) is 89.8 Å². The van der Waals surface area contributed by atoms with Gasteiger partial charge in [-0.1, -0.05) is 13.8 Å². The summed E-state index contributed by atoms with van der Waals surface area (Å²) >= 11 is 0. The van der Waals surface area contributed by atoms with Gasteiger partial charge in [-0.15, -0.1) is 0 Å². The van der Waals surface area contributed by atoms with Crippen molar-refractivity contribution in [1.29, 1.82) is 0 Å². The summed E-state index contributed by atoms with van der Waals surface area (Å²) in [6, 6.07) is 4.08. The van der Waals surface area contributed by atoms with Crippen LogP contribution in [0, 0.1) is 17.5 Å². The number of amides is 1. The summed E-state index contributed by atoms with van der Waals surface area (Å²) in [5.41, 5.74) is 0.139. The fraction of sp³-hybridized carbons (Fsp3) is 0.211. The van der Waals surface area contributed by atoms with E-state index in [1.807, 2.05) is 0 Å². The van der Waals surface area contributed by atoms with Crippen LogP contribution in [0.1, 0.15) is 25.5 Å². The molecule has 0 bridgehead atoms. The molecule has 1 N–H and O–H groups in total. The SMILES string of the molecule is CC(C)c1nn(CC(=O)Nc2ncncc2F)c(=O)cc1-c1cc(F)cc(F)c1. The van der Waals surface area contributed by atoms with E-state index in [0.29, 0.717) is 5.69 Å². The van der Waals surface area contributed by atoms with Crippen LogP contribution in [0.15, 0.2) is 41.6 Å². The number of nitrogens with zero attached hydrogens (tertiary/aromatic N) is 4. The second kappa shape index (κ2) is 8.21. The maximum absolute atomic E-state index is 13.6. The lowest BCUT2D eigenvalue weighted by atomic mass is 9.98. The van der Waals surface area contributed by atoms with Crippen LogP contribution in [-0.2, 0) is 11.3 Å². The first-order valence-corrected chi connectivity index (χ1v) is 8.58. The van der Waals surface area contributed by atoms with Crippen molar-refractivity contribution in [2.24, 2.45) is 0 Å². The van der Waals surface area contributed by atoms with Gasteiger partial charge in [-0.2, -0.15) is 5.10 Å². The summed E-state index contributed by atoms with van der Waals surface area (Å²) in [6.07, 6.45) is 1.95. The summed E-state index contributed by atoms with van der Waals surface area (Å²) in [4.78, 5) is 31.7. The van der Waals surface area contributed by atoms with E-state index in [4.69, 9.17) is 0 Å². The Hall–Kier alpha value is -3.56. The van der Waals surface area contributed by atoms with Gasteiger partial charge in [0.05, 0.1) is 11.9 Å². The first-order chi connectivity index (χ1) is 13.7. The molecule has 2 aromatic heterocycles. The van der Waals surface area contributed by atoms with Gasteiger partial charge in [-0.3, -0.25) is 9.59 Å². The second-order valence-electron chi connectivity index (χ2n) is 6.52. The third kappa shape index (κ3) is 4.65. The highest BCUT2D eigenvalue weighted by Gasteiger charge is 2.17. The third-order valence-corrected chi connectivity index (χ3v) is 3.97. The largest absolute Gasteiger partial charge is 0.307 e. The monoisotopic (exact) mass is 403 g/mol. The van der Waals surface area contributed by atoms with Crippen molar-refractivity contribution in [3.63, 3.8) is 0 Å². The Balaban J connectivity index is 1.95. The maximum Gasteiger partial charge on any atom is 0.267 e. The van der Waals surface area contributed by atoms with Gasteiger partial charge in [0.1, 0.15) is 24.5 Å². The van der Waals surface area contributed by atoms with Gasteiger partial charge in [-0.25, -0.2) is 27.8 Å². The van der Waals surface area contributed by atoms with Gasteiger partial charge in [0, 0.05) is 17.7 Å². The van der Waals surface area contributed by atoms with Gasteiger partial charge in [0.15, 0.2) is 11.6 Å². The summed E-state index contributed by atoms with van der Waals surface area (Å²) in [5.74, 6) is -3.67. The van der Waals surface area contributed by atoms with Crippen molar-refractivity contribution < 1.29 is 18.0 Å². The number of anilines is 1. The second-order valence-corrected chi connectivity index (χ2v) is 6.52. The fourth-order valence-corrected chi connectivity index (χ4v) is 2.70. The molecule has 0 aliphatic rings. The molecule has 0 fully saturated rings. The average Bonchev–Trinajstić information content (AvgIpc) is 2.64.